The van der Waals surface area contributed by atoms with Gasteiger partial charge < -0.3 is 24.8 Å². The number of benzene rings is 1. The van der Waals surface area contributed by atoms with Crippen molar-refractivity contribution >= 4 is 11.6 Å². The van der Waals surface area contributed by atoms with E-state index in [9.17, 15) is 5.11 Å². The summed E-state index contributed by atoms with van der Waals surface area (Å²) in [5.41, 5.74) is 0.228. The van der Waals surface area contributed by atoms with Gasteiger partial charge in [0.25, 0.3) is 0 Å². The SMILES string of the molecule is CN(C)CC(C)(O)CNCc1cc(Cl)c2c(c1)OCCO2. The molecule has 0 aromatic heterocycles. The molecule has 0 saturated carbocycles. The van der Waals surface area contributed by atoms with Crippen molar-refractivity contribution in [2.75, 3.05) is 40.4 Å². The molecule has 2 rings (SSSR count). The molecule has 1 heterocycles. The van der Waals surface area contributed by atoms with Gasteiger partial charge in [0.15, 0.2) is 11.5 Å². The lowest BCUT2D eigenvalue weighted by molar-refractivity contribution is 0.0336. The van der Waals surface area contributed by atoms with E-state index in [4.69, 9.17) is 21.1 Å². The highest BCUT2D eigenvalue weighted by atomic mass is 35.5. The molecule has 0 bridgehead atoms. The van der Waals surface area contributed by atoms with Gasteiger partial charge in [-0.15, -0.1) is 0 Å². The van der Waals surface area contributed by atoms with Crippen LogP contribution in [-0.2, 0) is 6.54 Å². The van der Waals surface area contributed by atoms with Crippen LogP contribution in [0.1, 0.15) is 12.5 Å². The van der Waals surface area contributed by atoms with Crippen LogP contribution in [0.5, 0.6) is 11.5 Å². The molecule has 5 nitrogen and oxygen atoms in total. The maximum absolute atomic E-state index is 10.2. The third kappa shape index (κ3) is 4.74. The third-order valence-corrected chi connectivity index (χ3v) is 3.43. The van der Waals surface area contributed by atoms with Crippen LogP contribution in [-0.4, -0.2) is 56.0 Å². The molecule has 0 amide bonds. The summed E-state index contributed by atoms with van der Waals surface area (Å²) in [4.78, 5) is 1.96. The Morgan fingerprint density at radius 1 is 1.33 bits per heavy atom. The molecule has 0 spiro atoms. The number of aliphatic hydroxyl groups is 1. The highest BCUT2D eigenvalue weighted by Crippen LogP contribution is 2.38. The first kappa shape index (κ1) is 16.4. The van der Waals surface area contributed by atoms with Crippen molar-refractivity contribution in [3.8, 4) is 11.5 Å². The van der Waals surface area contributed by atoms with Crippen LogP contribution in [0.15, 0.2) is 12.1 Å². The fourth-order valence-corrected chi connectivity index (χ4v) is 2.77. The number of fused-ring (bicyclic) bond motifs is 1. The molecule has 1 atom stereocenters. The number of halogens is 1. The Kier molecular flexibility index (Phi) is 5.32. The highest BCUT2D eigenvalue weighted by Gasteiger charge is 2.21. The molecule has 0 aliphatic carbocycles. The zero-order valence-corrected chi connectivity index (χ0v) is 13.5. The predicted octanol–water partition coefficient (Wildman–Crippen LogP) is 1.51. The number of ether oxygens (including phenoxy) is 2. The molecule has 118 valence electrons. The summed E-state index contributed by atoms with van der Waals surface area (Å²) in [5, 5.41) is 14.0. The number of hydrogen-bond acceptors (Lipinski definition) is 5. The highest BCUT2D eigenvalue weighted by molar-refractivity contribution is 6.32. The standard InChI is InChI=1S/C15H23ClN2O3/c1-15(19,10-18(2)3)9-17-8-11-6-12(16)14-13(7-11)20-4-5-21-14/h6-7,17,19H,4-5,8-10H2,1-3H3. The zero-order valence-electron chi connectivity index (χ0n) is 12.8. The van der Waals surface area contributed by atoms with E-state index < -0.39 is 5.60 Å². The lowest BCUT2D eigenvalue weighted by Crippen LogP contribution is -2.45. The van der Waals surface area contributed by atoms with Crippen molar-refractivity contribution in [1.82, 2.24) is 10.2 Å². The van der Waals surface area contributed by atoms with E-state index in [1.807, 2.05) is 38.1 Å². The summed E-state index contributed by atoms with van der Waals surface area (Å²) in [6, 6.07) is 3.79. The van der Waals surface area contributed by atoms with Crippen LogP contribution < -0.4 is 14.8 Å². The Morgan fingerprint density at radius 3 is 2.76 bits per heavy atom. The van der Waals surface area contributed by atoms with E-state index in [2.05, 4.69) is 5.32 Å². The Balaban J connectivity index is 1.93. The van der Waals surface area contributed by atoms with E-state index in [-0.39, 0.29) is 0 Å². The van der Waals surface area contributed by atoms with Gasteiger partial charge in [-0.25, -0.2) is 0 Å². The predicted molar refractivity (Wildman–Crippen MR) is 83.3 cm³/mol. The van der Waals surface area contributed by atoms with Crippen LogP contribution in [0.3, 0.4) is 0 Å². The third-order valence-electron chi connectivity index (χ3n) is 3.15. The maximum Gasteiger partial charge on any atom is 0.179 e. The van der Waals surface area contributed by atoms with Crippen molar-refractivity contribution in [2.45, 2.75) is 19.1 Å². The monoisotopic (exact) mass is 314 g/mol. The number of nitrogens with one attached hydrogen (secondary N) is 1. The molecule has 0 fully saturated rings. The first-order valence-electron chi connectivity index (χ1n) is 7.03. The fourth-order valence-electron chi connectivity index (χ4n) is 2.48. The zero-order chi connectivity index (χ0) is 15.5. The van der Waals surface area contributed by atoms with Gasteiger partial charge >= 0.3 is 0 Å². The summed E-state index contributed by atoms with van der Waals surface area (Å²) in [6.07, 6.45) is 0. The van der Waals surface area contributed by atoms with Gasteiger partial charge in [-0.2, -0.15) is 0 Å². The number of nitrogens with zero attached hydrogens (tertiary/aromatic N) is 1. The quantitative estimate of drug-likeness (QED) is 0.834. The molecule has 1 aliphatic heterocycles. The molecular formula is C15H23ClN2O3. The first-order valence-corrected chi connectivity index (χ1v) is 7.41. The molecule has 2 N–H and O–H groups in total. The van der Waals surface area contributed by atoms with Crippen LogP contribution >= 0.6 is 11.6 Å². The van der Waals surface area contributed by atoms with Crippen molar-refractivity contribution < 1.29 is 14.6 Å². The van der Waals surface area contributed by atoms with Crippen LogP contribution in [0.4, 0.5) is 0 Å². The molecule has 6 heteroatoms. The second kappa shape index (κ2) is 6.83. The van der Waals surface area contributed by atoms with Gasteiger partial charge in [0.05, 0.1) is 10.6 Å². The minimum Gasteiger partial charge on any atom is -0.486 e. The maximum atomic E-state index is 10.2. The molecule has 1 aromatic rings. The van der Waals surface area contributed by atoms with Crippen LogP contribution in [0.2, 0.25) is 5.02 Å². The van der Waals surface area contributed by atoms with Gasteiger partial charge in [-0.1, -0.05) is 11.6 Å². The van der Waals surface area contributed by atoms with Crippen molar-refractivity contribution in [2.24, 2.45) is 0 Å². The van der Waals surface area contributed by atoms with E-state index in [0.29, 0.717) is 49.4 Å². The summed E-state index contributed by atoms with van der Waals surface area (Å²) in [7, 11) is 3.88. The van der Waals surface area contributed by atoms with Crippen molar-refractivity contribution in [1.29, 1.82) is 0 Å². The van der Waals surface area contributed by atoms with E-state index in [1.165, 1.54) is 0 Å². The number of rotatable bonds is 6. The van der Waals surface area contributed by atoms with E-state index >= 15 is 0 Å². The fraction of sp³-hybridized carbons (Fsp3) is 0.600. The lowest BCUT2D eigenvalue weighted by Gasteiger charge is -2.27. The van der Waals surface area contributed by atoms with Gasteiger partial charge in [0.2, 0.25) is 0 Å². The van der Waals surface area contributed by atoms with E-state index in [0.717, 1.165) is 5.56 Å². The summed E-state index contributed by atoms with van der Waals surface area (Å²) in [6.45, 7) is 4.59. The van der Waals surface area contributed by atoms with Gasteiger partial charge in [0, 0.05) is 19.6 Å². The molecule has 1 aromatic carbocycles. The summed E-state index contributed by atoms with van der Waals surface area (Å²) in [5.74, 6) is 1.30. The molecular weight excluding hydrogens is 292 g/mol. The summed E-state index contributed by atoms with van der Waals surface area (Å²) < 4.78 is 11.0. The average Bonchev–Trinajstić information content (AvgIpc) is 2.37. The molecule has 0 radical (unpaired) electrons. The molecule has 1 aliphatic rings. The largest absolute Gasteiger partial charge is 0.486 e. The Labute approximate surface area is 130 Å². The Bertz CT molecular complexity index is 492. The molecule has 0 saturated heterocycles. The van der Waals surface area contributed by atoms with E-state index in [1.54, 1.807) is 0 Å². The average molecular weight is 315 g/mol. The molecule has 21 heavy (non-hydrogen) atoms. The lowest BCUT2D eigenvalue weighted by atomic mass is 10.1. The smallest absolute Gasteiger partial charge is 0.179 e. The van der Waals surface area contributed by atoms with Crippen molar-refractivity contribution in [3.05, 3.63) is 22.7 Å². The van der Waals surface area contributed by atoms with Crippen LogP contribution in [0.25, 0.3) is 0 Å². The Morgan fingerprint density at radius 2 is 2.05 bits per heavy atom. The number of hydrogen-bond donors (Lipinski definition) is 2. The minimum atomic E-state index is -0.777. The van der Waals surface area contributed by atoms with Gasteiger partial charge in [-0.05, 0) is 38.7 Å². The normalized spacial score (nSPS) is 16.9. The minimum absolute atomic E-state index is 0.497. The number of likely N-dealkylation sites (N-methyl/N-ethyl adjacent to an activating group) is 1. The Hall–Kier alpha value is -1.01. The van der Waals surface area contributed by atoms with Gasteiger partial charge in [-0.3, -0.25) is 0 Å². The molecule has 1 unspecified atom stereocenters. The second-order valence-electron chi connectivity index (χ2n) is 5.94. The topological polar surface area (TPSA) is 54.0 Å². The van der Waals surface area contributed by atoms with Crippen LogP contribution in [0, 0.1) is 0 Å². The van der Waals surface area contributed by atoms with Gasteiger partial charge in [0.1, 0.15) is 13.2 Å². The second-order valence-corrected chi connectivity index (χ2v) is 6.35. The van der Waals surface area contributed by atoms with Crippen molar-refractivity contribution in [3.63, 3.8) is 0 Å². The summed E-state index contributed by atoms with van der Waals surface area (Å²) >= 11 is 6.20. The first-order chi connectivity index (χ1) is 9.87.